The van der Waals surface area contributed by atoms with Crippen molar-refractivity contribution < 1.29 is 19.4 Å². The predicted octanol–water partition coefficient (Wildman–Crippen LogP) is 3.10. The van der Waals surface area contributed by atoms with Crippen LogP contribution in [0, 0.1) is 6.92 Å². The summed E-state index contributed by atoms with van der Waals surface area (Å²) in [7, 11) is 0. The highest BCUT2D eigenvalue weighted by Crippen LogP contribution is 2.37. The average Bonchev–Trinajstić information content (AvgIpc) is 3.43. The topological polar surface area (TPSA) is 87.7 Å². The molecule has 1 amide bonds. The van der Waals surface area contributed by atoms with Crippen LogP contribution in [0.25, 0.3) is 11.3 Å². The average molecular weight is 405 g/mol. The van der Waals surface area contributed by atoms with Gasteiger partial charge in [-0.05, 0) is 37.1 Å². The standard InChI is InChI=1S/C23H23N3O4/c1-14-2-4-15(5-3-14)18-11-19(25-24-18)23(28)26-9-8-17(20(27)12-26)16-6-7-21-22(10-16)30-13-29-21/h2-7,10-11,17,20,27H,8-9,12-13H2,1H3,(H,24,25)/t17-,20+/m0/s1. The molecule has 0 unspecified atom stereocenters. The van der Waals surface area contributed by atoms with Gasteiger partial charge >= 0.3 is 0 Å². The molecule has 2 N–H and O–H groups in total. The number of aromatic amines is 1. The minimum atomic E-state index is -0.650. The van der Waals surface area contributed by atoms with E-state index >= 15 is 0 Å². The molecule has 154 valence electrons. The first-order chi connectivity index (χ1) is 14.6. The normalized spacial score (nSPS) is 20.4. The molecule has 3 aromatic rings. The van der Waals surface area contributed by atoms with Gasteiger partial charge in [-0.15, -0.1) is 0 Å². The molecule has 0 aliphatic carbocycles. The smallest absolute Gasteiger partial charge is 0.271 e. The van der Waals surface area contributed by atoms with Crippen LogP contribution in [0.3, 0.4) is 0 Å². The van der Waals surface area contributed by atoms with Crippen molar-refractivity contribution in [2.75, 3.05) is 19.9 Å². The largest absolute Gasteiger partial charge is 0.454 e. The first-order valence-electron chi connectivity index (χ1n) is 10.1. The summed E-state index contributed by atoms with van der Waals surface area (Å²) in [6, 6.07) is 15.5. The summed E-state index contributed by atoms with van der Waals surface area (Å²) in [6.45, 7) is 3.09. The summed E-state index contributed by atoms with van der Waals surface area (Å²) in [6.07, 6.45) is 0.0217. The summed E-state index contributed by atoms with van der Waals surface area (Å²) < 4.78 is 10.8. The lowest BCUT2D eigenvalue weighted by atomic mass is 9.87. The predicted molar refractivity (Wildman–Crippen MR) is 111 cm³/mol. The van der Waals surface area contributed by atoms with Crippen molar-refractivity contribution in [2.24, 2.45) is 0 Å². The fraction of sp³-hybridized carbons (Fsp3) is 0.304. The number of β-amino-alcohol motifs (C(OH)–C–C–N with tert-alkyl or cyclic N) is 1. The van der Waals surface area contributed by atoms with Crippen LogP contribution in [-0.2, 0) is 0 Å². The summed E-state index contributed by atoms with van der Waals surface area (Å²) in [4.78, 5) is 14.6. The van der Waals surface area contributed by atoms with Crippen LogP contribution in [0.5, 0.6) is 11.5 Å². The Hall–Kier alpha value is -3.32. The van der Waals surface area contributed by atoms with Crippen LogP contribution in [0.4, 0.5) is 0 Å². The second-order valence-electron chi connectivity index (χ2n) is 7.86. The van der Waals surface area contributed by atoms with E-state index < -0.39 is 6.10 Å². The zero-order valence-electron chi connectivity index (χ0n) is 16.7. The summed E-state index contributed by atoms with van der Waals surface area (Å²) in [5.41, 5.74) is 4.29. The van der Waals surface area contributed by atoms with E-state index in [1.807, 2.05) is 49.4 Å². The van der Waals surface area contributed by atoms with Gasteiger partial charge in [-0.3, -0.25) is 9.89 Å². The van der Waals surface area contributed by atoms with E-state index in [2.05, 4.69) is 10.2 Å². The Balaban J connectivity index is 1.28. The number of likely N-dealkylation sites (tertiary alicyclic amines) is 1. The van der Waals surface area contributed by atoms with E-state index in [0.29, 0.717) is 24.4 Å². The van der Waals surface area contributed by atoms with Crippen molar-refractivity contribution in [3.63, 3.8) is 0 Å². The van der Waals surface area contributed by atoms with Crippen molar-refractivity contribution in [3.8, 4) is 22.8 Å². The molecule has 0 bridgehead atoms. The third-order valence-electron chi connectivity index (χ3n) is 5.85. The number of carbonyl (C=O) groups is 1. The van der Waals surface area contributed by atoms with Gasteiger partial charge in [0.2, 0.25) is 6.79 Å². The van der Waals surface area contributed by atoms with Crippen molar-refractivity contribution >= 4 is 5.91 Å². The van der Waals surface area contributed by atoms with Crippen molar-refractivity contribution in [2.45, 2.75) is 25.4 Å². The number of hydrogen-bond donors (Lipinski definition) is 2. The zero-order chi connectivity index (χ0) is 20.7. The molecule has 3 heterocycles. The summed E-state index contributed by atoms with van der Waals surface area (Å²) in [5, 5.41) is 17.9. The number of aliphatic hydroxyl groups excluding tert-OH is 1. The molecule has 7 nitrogen and oxygen atoms in total. The maximum atomic E-state index is 12.9. The first kappa shape index (κ1) is 18.7. The van der Waals surface area contributed by atoms with Crippen LogP contribution < -0.4 is 9.47 Å². The van der Waals surface area contributed by atoms with E-state index in [-0.39, 0.29) is 25.2 Å². The number of nitrogens with one attached hydrogen (secondary N) is 1. The molecule has 1 fully saturated rings. The Labute approximate surface area is 174 Å². The van der Waals surface area contributed by atoms with Crippen LogP contribution in [-0.4, -0.2) is 52.1 Å². The molecule has 2 aliphatic rings. The van der Waals surface area contributed by atoms with Gasteiger partial charge in [0.25, 0.3) is 5.91 Å². The van der Waals surface area contributed by atoms with Crippen LogP contribution in [0.1, 0.15) is 34.0 Å². The van der Waals surface area contributed by atoms with Gasteiger partial charge in [0.05, 0.1) is 11.8 Å². The minimum absolute atomic E-state index is 0.0477. The maximum Gasteiger partial charge on any atom is 0.271 e. The van der Waals surface area contributed by atoms with Crippen molar-refractivity contribution in [1.82, 2.24) is 15.1 Å². The number of aliphatic hydroxyl groups is 1. The van der Waals surface area contributed by atoms with Crippen LogP contribution in [0.2, 0.25) is 0 Å². The lowest BCUT2D eigenvalue weighted by Gasteiger charge is -2.36. The Bertz CT molecular complexity index is 1080. The lowest BCUT2D eigenvalue weighted by molar-refractivity contribution is 0.0377. The number of nitrogens with zero attached hydrogens (tertiary/aromatic N) is 2. The SMILES string of the molecule is Cc1ccc(-c2cc(C(=O)N3CC[C@@H](c4ccc5c(c4)OCO5)[C@H](O)C3)[nH]n2)cc1. The lowest BCUT2D eigenvalue weighted by Crippen LogP contribution is -2.45. The molecular weight excluding hydrogens is 382 g/mol. The Morgan fingerprint density at radius 3 is 2.73 bits per heavy atom. The summed E-state index contributed by atoms with van der Waals surface area (Å²) >= 11 is 0. The number of aromatic nitrogens is 2. The molecule has 30 heavy (non-hydrogen) atoms. The number of H-pyrrole nitrogens is 1. The van der Waals surface area contributed by atoms with Gasteiger partial charge in [0.1, 0.15) is 5.69 Å². The number of benzene rings is 2. The molecule has 2 aliphatic heterocycles. The Morgan fingerprint density at radius 1 is 1.13 bits per heavy atom. The molecule has 2 aromatic carbocycles. The van der Waals surface area contributed by atoms with E-state index in [9.17, 15) is 9.90 Å². The molecule has 0 saturated carbocycles. The number of hydrogen-bond acceptors (Lipinski definition) is 5. The van der Waals surface area contributed by atoms with E-state index in [0.717, 1.165) is 22.6 Å². The molecule has 5 rings (SSSR count). The Kier molecular flexibility index (Phi) is 4.67. The summed E-state index contributed by atoms with van der Waals surface area (Å²) in [5.74, 6) is 1.24. The molecule has 1 aromatic heterocycles. The van der Waals surface area contributed by atoms with Gasteiger partial charge < -0.3 is 19.5 Å². The third kappa shape index (κ3) is 3.41. The third-order valence-corrected chi connectivity index (χ3v) is 5.85. The number of ether oxygens (including phenoxy) is 2. The van der Waals surface area contributed by atoms with Crippen LogP contribution >= 0.6 is 0 Å². The van der Waals surface area contributed by atoms with Gasteiger partial charge in [-0.2, -0.15) is 5.10 Å². The number of piperidine rings is 1. The van der Waals surface area contributed by atoms with E-state index in [4.69, 9.17) is 9.47 Å². The number of carbonyl (C=O) groups excluding carboxylic acids is 1. The molecule has 2 atom stereocenters. The number of rotatable bonds is 3. The highest BCUT2D eigenvalue weighted by molar-refractivity contribution is 5.93. The molecule has 1 saturated heterocycles. The molecular formula is C23H23N3O4. The van der Waals surface area contributed by atoms with Gasteiger partial charge in [0, 0.05) is 24.6 Å². The maximum absolute atomic E-state index is 12.9. The monoisotopic (exact) mass is 405 g/mol. The second kappa shape index (κ2) is 7.50. The molecule has 0 radical (unpaired) electrons. The quantitative estimate of drug-likeness (QED) is 0.699. The highest BCUT2D eigenvalue weighted by atomic mass is 16.7. The highest BCUT2D eigenvalue weighted by Gasteiger charge is 2.33. The minimum Gasteiger partial charge on any atom is -0.454 e. The zero-order valence-corrected chi connectivity index (χ0v) is 16.7. The molecule has 0 spiro atoms. The van der Waals surface area contributed by atoms with E-state index in [1.165, 1.54) is 5.56 Å². The second-order valence-corrected chi connectivity index (χ2v) is 7.86. The fourth-order valence-corrected chi connectivity index (χ4v) is 4.12. The Morgan fingerprint density at radius 2 is 1.93 bits per heavy atom. The van der Waals surface area contributed by atoms with Gasteiger partial charge in [-0.25, -0.2) is 0 Å². The number of amides is 1. The first-order valence-corrected chi connectivity index (χ1v) is 10.1. The fourth-order valence-electron chi connectivity index (χ4n) is 4.12. The van der Waals surface area contributed by atoms with Crippen molar-refractivity contribution in [1.29, 1.82) is 0 Å². The molecule has 7 heteroatoms. The number of aryl methyl sites for hydroxylation is 1. The van der Waals surface area contributed by atoms with Gasteiger partial charge in [0.15, 0.2) is 11.5 Å². The van der Waals surface area contributed by atoms with Gasteiger partial charge in [-0.1, -0.05) is 35.9 Å². The van der Waals surface area contributed by atoms with Crippen LogP contribution in [0.15, 0.2) is 48.5 Å². The van der Waals surface area contributed by atoms with E-state index in [1.54, 1.807) is 11.0 Å². The number of fused-ring (bicyclic) bond motifs is 1. The van der Waals surface area contributed by atoms with Crippen molar-refractivity contribution in [3.05, 3.63) is 65.4 Å².